The first-order valence-electron chi connectivity index (χ1n) is 8.37. The van der Waals surface area contributed by atoms with Gasteiger partial charge in [0.15, 0.2) is 5.96 Å². The Hall–Kier alpha value is -1.35. The molecule has 138 valence electrons. The summed E-state index contributed by atoms with van der Waals surface area (Å²) in [4.78, 5) is 12.3. The van der Waals surface area contributed by atoms with Crippen molar-refractivity contribution in [2.75, 3.05) is 38.6 Å². The molecule has 0 aliphatic heterocycles. The van der Waals surface area contributed by atoms with Crippen molar-refractivity contribution in [3.05, 3.63) is 46.4 Å². The maximum atomic E-state index is 4.44. The zero-order valence-electron chi connectivity index (χ0n) is 15.2. The number of aryl methyl sites for hydroxylation is 1. The third-order valence-corrected chi connectivity index (χ3v) is 4.94. The van der Waals surface area contributed by atoms with Crippen LogP contribution in [0, 0.1) is 0 Å². The van der Waals surface area contributed by atoms with Crippen LogP contribution in [0.4, 0.5) is 5.69 Å². The van der Waals surface area contributed by atoms with Crippen LogP contribution in [0.15, 0.2) is 41.5 Å². The van der Waals surface area contributed by atoms with Crippen molar-refractivity contribution in [1.29, 1.82) is 0 Å². The number of halogens is 1. The maximum Gasteiger partial charge on any atom is 0.191 e. The quantitative estimate of drug-likeness (QED) is 0.352. The minimum Gasteiger partial charge on any atom is -0.373 e. The van der Waals surface area contributed by atoms with Gasteiger partial charge < -0.3 is 15.5 Å². The number of aliphatic imine (C=N–C) groups is 1. The van der Waals surface area contributed by atoms with E-state index in [4.69, 9.17) is 0 Å². The molecule has 0 radical (unpaired) electrons. The average molecular weight is 473 g/mol. The number of hydrogen-bond acceptors (Lipinski definition) is 4. The number of anilines is 1. The lowest BCUT2D eigenvalue weighted by Crippen LogP contribution is -2.41. The zero-order chi connectivity index (χ0) is 17.2. The Morgan fingerprint density at radius 1 is 1.20 bits per heavy atom. The van der Waals surface area contributed by atoms with Crippen molar-refractivity contribution in [2.24, 2.45) is 4.99 Å². The summed E-state index contributed by atoms with van der Waals surface area (Å²) in [6.45, 7) is 4.75. The molecule has 1 aromatic carbocycles. The van der Waals surface area contributed by atoms with E-state index in [2.05, 4.69) is 63.7 Å². The first kappa shape index (κ1) is 21.7. The van der Waals surface area contributed by atoms with Gasteiger partial charge in [-0.1, -0.05) is 25.1 Å². The topological polar surface area (TPSA) is 52.6 Å². The maximum absolute atomic E-state index is 4.44. The molecule has 1 aromatic heterocycles. The molecule has 7 heteroatoms. The standard InChI is InChI=1S/C18H27N5S.HI/c1-4-16-14-22-17(24-16)10-11-20-18(19-2)21-12-13-23(3)15-8-6-5-7-9-15;/h5-9,14H,4,10-13H2,1-3H3,(H2,19,20,21);1H. The van der Waals surface area contributed by atoms with E-state index in [1.54, 1.807) is 18.4 Å². The molecule has 0 atom stereocenters. The molecule has 0 saturated heterocycles. The van der Waals surface area contributed by atoms with E-state index < -0.39 is 0 Å². The summed E-state index contributed by atoms with van der Waals surface area (Å²) in [6, 6.07) is 10.4. The van der Waals surface area contributed by atoms with Gasteiger partial charge in [0.1, 0.15) is 0 Å². The van der Waals surface area contributed by atoms with E-state index >= 15 is 0 Å². The molecule has 0 aliphatic rings. The SMILES string of the molecule is CCc1cnc(CCNC(=NC)NCCN(C)c2ccccc2)s1.I. The highest BCUT2D eigenvalue weighted by molar-refractivity contribution is 14.0. The van der Waals surface area contributed by atoms with Crippen LogP contribution >= 0.6 is 35.3 Å². The predicted octanol–water partition coefficient (Wildman–Crippen LogP) is 3.17. The second-order valence-electron chi connectivity index (χ2n) is 5.51. The first-order valence-corrected chi connectivity index (χ1v) is 9.19. The third kappa shape index (κ3) is 7.60. The number of para-hydroxylation sites is 1. The summed E-state index contributed by atoms with van der Waals surface area (Å²) < 4.78 is 0. The van der Waals surface area contributed by atoms with Crippen LogP contribution in [0.25, 0.3) is 0 Å². The molecule has 5 nitrogen and oxygen atoms in total. The van der Waals surface area contributed by atoms with Crippen LogP contribution < -0.4 is 15.5 Å². The van der Waals surface area contributed by atoms with E-state index in [0.717, 1.165) is 38.4 Å². The fourth-order valence-electron chi connectivity index (χ4n) is 2.29. The monoisotopic (exact) mass is 473 g/mol. The minimum atomic E-state index is 0. The van der Waals surface area contributed by atoms with Crippen molar-refractivity contribution >= 4 is 47.0 Å². The third-order valence-electron chi connectivity index (χ3n) is 3.74. The number of thiazole rings is 1. The van der Waals surface area contributed by atoms with E-state index in [0.29, 0.717) is 0 Å². The largest absolute Gasteiger partial charge is 0.373 e. The van der Waals surface area contributed by atoms with Crippen LogP contribution in [0.2, 0.25) is 0 Å². The Morgan fingerprint density at radius 3 is 2.56 bits per heavy atom. The molecule has 0 aliphatic carbocycles. The molecule has 1 heterocycles. The Kier molecular flexibility index (Phi) is 10.5. The van der Waals surface area contributed by atoms with Crippen molar-refractivity contribution in [3.8, 4) is 0 Å². The molecule has 2 aromatic rings. The van der Waals surface area contributed by atoms with E-state index in [1.807, 2.05) is 12.3 Å². The number of aromatic nitrogens is 1. The van der Waals surface area contributed by atoms with Gasteiger partial charge in [-0.3, -0.25) is 4.99 Å². The van der Waals surface area contributed by atoms with E-state index in [-0.39, 0.29) is 24.0 Å². The number of likely N-dealkylation sites (N-methyl/N-ethyl adjacent to an activating group) is 1. The van der Waals surface area contributed by atoms with Crippen molar-refractivity contribution in [3.63, 3.8) is 0 Å². The fourth-order valence-corrected chi connectivity index (χ4v) is 3.15. The molecule has 2 rings (SSSR count). The number of nitrogens with one attached hydrogen (secondary N) is 2. The molecular formula is C18H28IN5S. The molecule has 0 saturated carbocycles. The van der Waals surface area contributed by atoms with E-state index in [9.17, 15) is 0 Å². The summed E-state index contributed by atoms with van der Waals surface area (Å²) >= 11 is 1.79. The van der Waals surface area contributed by atoms with Gasteiger partial charge in [-0.25, -0.2) is 4.98 Å². The van der Waals surface area contributed by atoms with Crippen LogP contribution in [-0.4, -0.2) is 44.7 Å². The lowest BCUT2D eigenvalue weighted by Gasteiger charge is -2.20. The molecular weight excluding hydrogens is 445 g/mol. The molecule has 0 spiro atoms. The summed E-state index contributed by atoms with van der Waals surface area (Å²) in [6.07, 6.45) is 3.96. The summed E-state index contributed by atoms with van der Waals surface area (Å²) in [5.41, 5.74) is 1.22. The summed E-state index contributed by atoms with van der Waals surface area (Å²) in [5.74, 6) is 0.837. The summed E-state index contributed by atoms with van der Waals surface area (Å²) in [7, 11) is 3.90. The number of guanidine groups is 1. The number of nitrogens with zero attached hydrogens (tertiary/aromatic N) is 3. The molecule has 2 N–H and O–H groups in total. The van der Waals surface area contributed by atoms with Crippen LogP contribution in [0.3, 0.4) is 0 Å². The summed E-state index contributed by atoms with van der Waals surface area (Å²) in [5, 5.41) is 7.88. The van der Waals surface area contributed by atoms with Crippen molar-refractivity contribution in [1.82, 2.24) is 15.6 Å². The molecule has 0 unspecified atom stereocenters. The lowest BCUT2D eigenvalue weighted by molar-refractivity contribution is 0.769. The number of benzene rings is 1. The van der Waals surface area contributed by atoms with Crippen LogP contribution in [0.1, 0.15) is 16.8 Å². The second kappa shape index (κ2) is 12.1. The predicted molar refractivity (Wildman–Crippen MR) is 120 cm³/mol. The minimum absolute atomic E-state index is 0. The Morgan fingerprint density at radius 2 is 1.92 bits per heavy atom. The van der Waals surface area contributed by atoms with Crippen molar-refractivity contribution < 1.29 is 0 Å². The van der Waals surface area contributed by atoms with E-state index in [1.165, 1.54) is 15.6 Å². The fraction of sp³-hybridized carbons (Fsp3) is 0.444. The van der Waals surface area contributed by atoms with Crippen LogP contribution in [-0.2, 0) is 12.8 Å². The highest BCUT2D eigenvalue weighted by Crippen LogP contribution is 2.13. The van der Waals surface area contributed by atoms with Crippen molar-refractivity contribution in [2.45, 2.75) is 19.8 Å². The molecule has 25 heavy (non-hydrogen) atoms. The zero-order valence-corrected chi connectivity index (χ0v) is 18.3. The lowest BCUT2D eigenvalue weighted by atomic mass is 10.3. The molecule has 0 fully saturated rings. The van der Waals surface area contributed by atoms with Gasteiger partial charge in [-0.15, -0.1) is 35.3 Å². The van der Waals surface area contributed by atoms with Crippen LogP contribution in [0.5, 0.6) is 0 Å². The highest BCUT2D eigenvalue weighted by atomic mass is 127. The van der Waals surface area contributed by atoms with Gasteiger partial charge in [0.05, 0.1) is 5.01 Å². The van der Waals surface area contributed by atoms with Gasteiger partial charge in [-0.2, -0.15) is 0 Å². The number of rotatable bonds is 8. The first-order chi connectivity index (χ1) is 11.7. The Balaban J connectivity index is 0.00000312. The Labute approximate surface area is 172 Å². The van der Waals surface area contributed by atoms with Gasteiger partial charge in [0, 0.05) is 56.9 Å². The number of hydrogen-bond donors (Lipinski definition) is 2. The Bertz CT molecular complexity index is 629. The smallest absolute Gasteiger partial charge is 0.191 e. The normalized spacial score (nSPS) is 10.9. The average Bonchev–Trinajstić information content (AvgIpc) is 3.09. The van der Waals surface area contributed by atoms with Gasteiger partial charge in [0.25, 0.3) is 0 Å². The highest BCUT2D eigenvalue weighted by Gasteiger charge is 2.03. The van der Waals surface area contributed by atoms with Gasteiger partial charge in [-0.05, 0) is 18.6 Å². The second-order valence-corrected chi connectivity index (χ2v) is 6.71. The van der Waals surface area contributed by atoms with Gasteiger partial charge in [0.2, 0.25) is 0 Å². The molecule has 0 amide bonds. The van der Waals surface area contributed by atoms with Gasteiger partial charge >= 0.3 is 0 Å². The molecule has 0 bridgehead atoms.